The highest BCUT2D eigenvalue weighted by Gasteiger charge is 2.19. The van der Waals surface area contributed by atoms with Gasteiger partial charge in [0.25, 0.3) is 0 Å². The van der Waals surface area contributed by atoms with Crippen LogP contribution in [-0.4, -0.2) is 0 Å². The highest BCUT2D eigenvalue weighted by Crippen LogP contribution is 2.36. The summed E-state index contributed by atoms with van der Waals surface area (Å²) in [6.07, 6.45) is 1.71. The Labute approximate surface area is 114 Å². The fourth-order valence-corrected chi connectivity index (χ4v) is 2.97. The molecule has 2 heterocycles. The Morgan fingerprint density at radius 2 is 1.79 bits per heavy atom. The van der Waals surface area contributed by atoms with Gasteiger partial charge in [0.2, 0.25) is 0 Å². The molecule has 3 rings (SSSR count). The van der Waals surface area contributed by atoms with Gasteiger partial charge in [-0.1, -0.05) is 0 Å². The van der Waals surface area contributed by atoms with E-state index >= 15 is 0 Å². The molecule has 0 aliphatic heterocycles. The lowest BCUT2D eigenvalue weighted by molar-refractivity contribution is 0.554. The largest absolute Gasteiger partial charge is 0.464 e. The summed E-state index contributed by atoms with van der Waals surface area (Å²) >= 11 is 6.12. The molecule has 1 aromatic carbocycles. The maximum Gasteiger partial charge on any atom is 0.336 e. The topological polar surface area (TPSA) is 43.4 Å². The van der Waals surface area contributed by atoms with Crippen LogP contribution in [0.2, 0.25) is 0 Å². The third-order valence-corrected chi connectivity index (χ3v) is 3.82. The van der Waals surface area contributed by atoms with Gasteiger partial charge >= 0.3 is 5.63 Å². The first-order chi connectivity index (χ1) is 9.04. The zero-order valence-corrected chi connectivity index (χ0v) is 11.7. The standard InChI is InChI=1S/C15H13ClO3/c1-7-4-11(17)19-15-9(3)14-13(8(2)6-18-14)10(5-16)12(7)15/h4,6H,5H2,1-3H3. The third-order valence-electron chi connectivity index (χ3n) is 3.55. The molecule has 0 aliphatic rings. The van der Waals surface area contributed by atoms with Gasteiger partial charge in [-0.15, -0.1) is 11.6 Å². The molecule has 98 valence electrons. The number of alkyl halides is 1. The Bertz CT molecular complexity index is 855. The van der Waals surface area contributed by atoms with Crippen molar-refractivity contribution in [1.82, 2.24) is 0 Å². The summed E-state index contributed by atoms with van der Waals surface area (Å²) in [5.74, 6) is 0.349. The van der Waals surface area contributed by atoms with E-state index in [1.807, 2.05) is 20.8 Å². The smallest absolute Gasteiger partial charge is 0.336 e. The van der Waals surface area contributed by atoms with Crippen molar-refractivity contribution in [2.45, 2.75) is 26.7 Å². The molecule has 0 unspecified atom stereocenters. The van der Waals surface area contributed by atoms with Crippen LogP contribution < -0.4 is 5.63 Å². The van der Waals surface area contributed by atoms with Crippen molar-refractivity contribution in [1.29, 1.82) is 0 Å². The van der Waals surface area contributed by atoms with E-state index in [0.717, 1.165) is 38.6 Å². The number of rotatable bonds is 1. The maximum absolute atomic E-state index is 11.6. The first-order valence-corrected chi connectivity index (χ1v) is 6.57. The van der Waals surface area contributed by atoms with E-state index in [1.165, 1.54) is 6.07 Å². The Morgan fingerprint density at radius 1 is 1.11 bits per heavy atom. The van der Waals surface area contributed by atoms with Gasteiger partial charge in [-0.2, -0.15) is 0 Å². The van der Waals surface area contributed by atoms with E-state index in [1.54, 1.807) is 6.26 Å². The van der Waals surface area contributed by atoms with E-state index < -0.39 is 0 Å². The van der Waals surface area contributed by atoms with Gasteiger partial charge in [0, 0.05) is 28.3 Å². The summed E-state index contributed by atoms with van der Waals surface area (Å²) in [7, 11) is 0. The van der Waals surface area contributed by atoms with Crippen LogP contribution in [0.5, 0.6) is 0 Å². The number of furan rings is 1. The lowest BCUT2D eigenvalue weighted by Crippen LogP contribution is -2.01. The molecule has 19 heavy (non-hydrogen) atoms. The SMILES string of the molecule is Cc1c2occ(C)c2c(CCl)c2c(C)cc(=O)oc12. The highest BCUT2D eigenvalue weighted by molar-refractivity contribution is 6.20. The van der Waals surface area contributed by atoms with E-state index in [0.29, 0.717) is 11.5 Å². The molecular weight excluding hydrogens is 264 g/mol. The quantitative estimate of drug-likeness (QED) is 0.494. The molecule has 3 nitrogen and oxygen atoms in total. The van der Waals surface area contributed by atoms with E-state index in [4.69, 9.17) is 20.4 Å². The first kappa shape index (κ1) is 12.3. The van der Waals surface area contributed by atoms with E-state index in [2.05, 4.69) is 0 Å². The molecule has 0 atom stereocenters. The molecule has 0 amide bonds. The monoisotopic (exact) mass is 276 g/mol. The van der Waals surface area contributed by atoms with Crippen molar-refractivity contribution < 1.29 is 8.83 Å². The Kier molecular flexibility index (Phi) is 2.68. The third kappa shape index (κ3) is 1.61. The molecule has 2 aromatic heterocycles. The van der Waals surface area contributed by atoms with Gasteiger partial charge in [0.15, 0.2) is 0 Å². The minimum atomic E-state index is -0.351. The highest BCUT2D eigenvalue weighted by atomic mass is 35.5. The summed E-state index contributed by atoms with van der Waals surface area (Å²) < 4.78 is 10.9. The van der Waals surface area contributed by atoms with Gasteiger partial charge in [0.1, 0.15) is 11.2 Å². The molecule has 0 bridgehead atoms. The van der Waals surface area contributed by atoms with Crippen LogP contribution in [0.1, 0.15) is 22.3 Å². The van der Waals surface area contributed by atoms with Crippen LogP contribution in [0.25, 0.3) is 21.9 Å². The Hall–Kier alpha value is -1.74. The predicted molar refractivity (Wildman–Crippen MR) is 76.0 cm³/mol. The minimum absolute atomic E-state index is 0.349. The number of fused-ring (bicyclic) bond motifs is 2. The molecule has 0 radical (unpaired) electrons. The Morgan fingerprint density at radius 3 is 2.47 bits per heavy atom. The molecule has 0 saturated heterocycles. The zero-order valence-electron chi connectivity index (χ0n) is 11.0. The number of benzene rings is 1. The number of hydrogen-bond donors (Lipinski definition) is 0. The van der Waals surface area contributed by atoms with Gasteiger partial charge in [-0.25, -0.2) is 4.79 Å². The van der Waals surface area contributed by atoms with Crippen molar-refractivity contribution in [3.05, 3.63) is 45.0 Å². The van der Waals surface area contributed by atoms with Gasteiger partial charge < -0.3 is 8.83 Å². The van der Waals surface area contributed by atoms with Gasteiger partial charge in [-0.05, 0) is 37.5 Å². The average Bonchev–Trinajstić information content (AvgIpc) is 2.74. The fraction of sp³-hybridized carbons (Fsp3) is 0.267. The van der Waals surface area contributed by atoms with Crippen LogP contribution in [0.4, 0.5) is 0 Å². The van der Waals surface area contributed by atoms with Crippen LogP contribution in [0, 0.1) is 20.8 Å². The number of hydrogen-bond acceptors (Lipinski definition) is 3. The summed E-state index contributed by atoms with van der Waals surface area (Å²) in [4.78, 5) is 11.6. The summed E-state index contributed by atoms with van der Waals surface area (Å²) in [6.45, 7) is 5.78. The van der Waals surface area contributed by atoms with Crippen molar-refractivity contribution in [3.8, 4) is 0 Å². The second-order valence-electron chi connectivity index (χ2n) is 4.81. The molecule has 0 aliphatic carbocycles. The lowest BCUT2D eigenvalue weighted by Gasteiger charge is -2.10. The molecule has 0 fully saturated rings. The second-order valence-corrected chi connectivity index (χ2v) is 5.08. The van der Waals surface area contributed by atoms with E-state index in [9.17, 15) is 4.79 Å². The first-order valence-electron chi connectivity index (χ1n) is 6.04. The van der Waals surface area contributed by atoms with Crippen LogP contribution in [0.3, 0.4) is 0 Å². The predicted octanol–water partition coefficient (Wildman–Crippen LogP) is 4.20. The zero-order chi connectivity index (χ0) is 13.7. The average molecular weight is 277 g/mol. The lowest BCUT2D eigenvalue weighted by atomic mass is 9.97. The molecule has 3 aromatic rings. The normalized spacial score (nSPS) is 11.6. The van der Waals surface area contributed by atoms with Crippen LogP contribution in [0.15, 0.2) is 26.0 Å². The van der Waals surface area contributed by atoms with Gasteiger partial charge in [0.05, 0.1) is 6.26 Å². The molecule has 0 spiro atoms. The molecule has 0 N–H and O–H groups in total. The Balaban J connectivity index is 2.72. The van der Waals surface area contributed by atoms with Crippen molar-refractivity contribution in [2.24, 2.45) is 0 Å². The van der Waals surface area contributed by atoms with E-state index in [-0.39, 0.29) is 5.63 Å². The number of aryl methyl sites for hydroxylation is 3. The van der Waals surface area contributed by atoms with Gasteiger partial charge in [-0.3, -0.25) is 0 Å². The summed E-state index contributed by atoms with van der Waals surface area (Å²) in [6, 6.07) is 1.50. The van der Waals surface area contributed by atoms with Crippen molar-refractivity contribution >= 4 is 33.5 Å². The van der Waals surface area contributed by atoms with Crippen LogP contribution in [-0.2, 0) is 5.88 Å². The van der Waals surface area contributed by atoms with Crippen LogP contribution >= 0.6 is 11.6 Å². The molecule has 0 saturated carbocycles. The van der Waals surface area contributed by atoms with Crippen molar-refractivity contribution in [2.75, 3.05) is 0 Å². The fourth-order valence-electron chi connectivity index (χ4n) is 2.71. The summed E-state index contributed by atoms with van der Waals surface area (Å²) in [5.41, 5.74) is 4.69. The maximum atomic E-state index is 11.6. The molecule has 4 heteroatoms. The second kappa shape index (κ2) is 4.14. The minimum Gasteiger partial charge on any atom is -0.464 e. The number of halogens is 1. The van der Waals surface area contributed by atoms with Crippen molar-refractivity contribution in [3.63, 3.8) is 0 Å². The summed E-state index contributed by atoms with van der Waals surface area (Å²) in [5, 5.41) is 1.95. The molecular formula is C15H13ClO3.